The predicted octanol–water partition coefficient (Wildman–Crippen LogP) is 1.82. The van der Waals surface area contributed by atoms with Gasteiger partial charge < -0.3 is 14.2 Å². The zero-order chi connectivity index (χ0) is 14.9. The first-order valence-corrected chi connectivity index (χ1v) is 7.68. The predicted molar refractivity (Wildman–Crippen MR) is 82.7 cm³/mol. The third kappa shape index (κ3) is 2.54. The molecule has 0 N–H and O–H groups in total. The molecular weight excluding hydrogens is 283 g/mol. The second kappa shape index (κ2) is 5.61. The van der Waals surface area contributed by atoms with Gasteiger partial charge in [-0.15, -0.1) is 0 Å². The fourth-order valence-electron chi connectivity index (χ4n) is 3.21. The van der Waals surface area contributed by atoms with Crippen molar-refractivity contribution in [1.82, 2.24) is 9.88 Å². The van der Waals surface area contributed by atoms with Crippen LogP contribution in [0.5, 0.6) is 0 Å². The highest BCUT2D eigenvalue weighted by molar-refractivity contribution is 5.46. The maximum absolute atomic E-state index is 13.0. The summed E-state index contributed by atoms with van der Waals surface area (Å²) in [5.74, 6) is -0.177. The van der Waals surface area contributed by atoms with Crippen LogP contribution in [-0.2, 0) is 0 Å². The first-order chi connectivity index (χ1) is 10.8. The molecule has 0 saturated carbocycles. The molecule has 116 valence electrons. The smallest absolute Gasteiger partial charge is 0.297 e. The van der Waals surface area contributed by atoms with Gasteiger partial charge in [0.2, 0.25) is 0 Å². The van der Waals surface area contributed by atoms with E-state index in [1.165, 1.54) is 12.1 Å². The number of anilines is 2. The molecule has 1 aromatic heterocycles. The van der Waals surface area contributed by atoms with E-state index in [1.54, 1.807) is 12.5 Å². The van der Waals surface area contributed by atoms with Crippen LogP contribution >= 0.6 is 0 Å². The molecule has 22 heavy (non-hydrogen) atoms. The van der Waals surface area contributed by atoms with Gasteiger partial charge >= 0.3 is 0 Å². The lowest BCUT2D eigenvalue weighted by Gasteiger charge is -2.47. The second-order valence-electron chi connectivity index (χ2n) is 5.87. The highest BCUT2D eigenvalue weighted by atomic mass is 19.1. The summed E-state index contributed by atoms with van der Waals surface area (Å²) in [5, 5.41) is 0. The summed E-state index contributed by atoms with van der Waals surface area (Å²) in [6.07, 6.45) is 3.30. The van der Waals surface area contributed by atoms with E-state index in [0.717, 1.165) is 51.0 Å². The number of nitrogens with zero attached hydrogens (tertiary/aromatic N) is 4. The Bertz CT molecular complexity index is 602. The van der Waals surface area contributed by atoms with Crippen LogP contribution in [-0.4, -0.2) is 55.2 Å². The Morgan fingerprint density at radius 2 is 1.73 bits per heavy atom. The van der Waals surface area contributed by atoms with Crippen molar-refractivity contribution in [2.24, 2.45) is 0 Å². The van der Waals surface area contributed by atoms with Crippen molar-refractivity contribution in [3.8, 4) is 0 Å². The molecule has 0 unspecified atom stereocenters. The minimum absolute atomic E-state index is 0.177. The zero-order valence-electron chi connectivity index (χ0n) is 12.4. The van der Waals surface area contributed by atoms with Gasteiger partial charge in [-0.1, -0.05) is 0 Å². The summed E-state index contributed by atoms with van der Waals surface area (Å²) in [7, 11) is 0. The van der Waals surface area contributed by atoms with Gasteiger partial charge in [-0.2, -0.15) is 0 Å². The van der Waals surface area contributed by atoms with Gasteiger partial charge in [-0.25, -0.2) is 9.37 Å². The molecule has 0 aliphatic carbocycles. The molecule has 4 rings (SSSR count). The van der Waals surface area contributed by atoms with E-state index in [4.69, 9.17) is 4.42 Å². The molecule has 3 heterocycles. The highest BCUT2D eigenvalue weighted by Crippen LogP contribution is 2.24. The fraction of sp³-hybridized carbons (Fsp3) is 0.438. The van der Waals surface area contributed by atoms with Crippen LogP contribution in [0.15, 0.2) is 41.1 Å². The molecule has 2 saturated heterocycles. The van der Waals surface area contributed by atoms with Gasteiger partial charge in [0, 0.05) is 51.0 Å². The Kier molecular flexibility index (Phi) is 3.46. The summed E-state index contributed by atoms with van der Waals surface area (Å²) in [6.45, 7) is 6.03. The van der Waals surface area contributed by atoms with Crippen LogP contribution in [0.25, 0.3) is 0 Å². The average Bonchev–Trinajstić information content (AvgIpc) is 3.01. The van der Waals surface area contributed by atoms with E-state index in [-0.39, 0.29) is 5.82 Å². The Morgan fingerprint density at radius 3 is 2.36 bits per heavy atom. The number of benzene rings is 1. The lowest BCUT2D eigenvalue weighted by molar-refractivity contribution is 0.153. The third-order valence-corrected chi connectivity index (χ3v) is 4.57. The van der Waals surface area contributed by atoms with Crippen molar-refractivity contribution in [2.45, 2.75) is 6.04 Å². The minimum atomic E-state index is -0.177. The van der Waals surface area contributed by atoms with E-state index in [9.17, 15) is 4.39 Å². The van der Waals surface area contributed by atoms with Crippen LogP contribution in [0.3, 0.4) is 0 Å². The number of piperazine rings is 1. The highest BCUT2D eigenvalue weighted by Gasteiger charge is 2.35. The van der Waals surface area contributed by atoms with Crippen molar-refractivity contribution >= 4 is 11.7 Å². The first-order valence-electron chi connectivity index (χ1n) is 7.68. The van der Waals surface area contributed by atoms with E-state index >= 15 is 0 Å². The number of hydrogen-bond acceptors (Lipinski definition) is 5. The lowest BCUT2D eigenvalue weighted by atomic mass is 10.1. The molecule has 2 aromatic rings. The van der Waals surface area contributed by atoms with Crippen LogP contribution in [0.1, 0.15) is 0 Å². The molecule has 6 heteroatoms. The Hall–Kier alpha value is -2.08. The molecule has 0 amide bonds. The van der Waals surface area contributed by atoms with Crippen molar-refractivity contribution in [1.29, 1.82) is 0 Å². The largest absolute Gasteiger partial charge is 0.432 e. The Morgan fingerprint density at radius 1 is 1.00 bits per heavy atom. The van der Waals surface area contributed by atoms with Crippen molar-refractivity contribution in [2.75, 3.05) is 49.1 Å². The molecule has 2 fully saturated rings. The van der Waals surface area contributed by atoms with Gasteiger partial charge in [0.05, 0.1) is 6.20 Å². The maximum Gasteiger partial charge on any atom is 0.297 e. The molecule has 0 radical (unpaired) electrons. The van der Waals surface area contributed by atoms with Gasteiger partial charge in [0.25, 0.3) is 6.01 Å². The van der Waals surface area contributed by atoms with Crippen molar-refractivity contribution in [3.63, 3.8) is 0 Å². The number of hydrogen-bond donors (Lipinski definition) is 0. The lowest BCUT2D eigenvalue weighted by Crippen LogP contribution is -2.63. The topological polar surface area (TPSA) is 35.8 Å². The molecule has 1 aromatic carbocycles. The Labute approximate surface area is 128 Å². The quantitative estimate of drug-likeness (QED) is 0.864. The zero-order valence-corrected chi connectivity index (χ0v) is 12.4. The molecule has 0 bridgehead atoms. The maximum atomic E-state index is 13.0. The number of rotatable bonds is 3. The fourth-order valence-corrected chi connectivity index (χ4v) is 3.21. The van der Waals surface area contributed by atoms with Crippen LogP contribution in [0, 0.1) is 5.82 Å². The summed E-state index contributed by atoms with van der Waals surface area (Å²) >= 11 is 0. The van der Waals surface area contributed by atoms with Crippen molar-refractivity contribution < 1.29 is 8.81 Å². The van der Waals surface area contributed by atoms with Gasteiger partial charge in [0.1, 0.15) is 12.1 Å². The van der Waals surface area contributed by atoms with Crippen molar-refractivity contribution in [3.05, 3.63) is 42.5 Å². The number of halogens is 1. The molecule has 2 aliphatic heterocycles. The monoisotopic (exact) mass is 302 g/mol. The second-order valence-corrected chi connectivity index (χ2v) is 5.87. The number of aromatic nitrogens is 1. The SMILES string of the molecule is Fc1ccc(N2CCN(C3CN(c4ncco4)C3)CC2)cc1. The van der Waals surface area contributed by atoms with E-state index in [0.29, 0.717) is 6.04 Å². The summed E-state index contributed by atoms with van der Waals surface area (Å²) < 4.78 is 18.3. The van der Waals surface area contributed by atoms with Gasteiger partial charge in [0.15, 0.2) is 0 Å². The summed E-state index contributed by atoms with van der Waals surface area (Å²) in [6, 6.07) is 8.09. The molecule has 0 spiro atoms. The van der Waals surface area contributed by atoms with Gasteiger partial charge in [-0.05, 0) is 24.3 Å². The summed E-state index contributed by atoms with van der Waals surface area (Å²) in [4.78, 5) is 11.2. The van der Waals surface area contributed by atoms with Crippen LogP contribution in [0.2, 0.25) is 0 Å². The minimum Gasteiger partial charge on any atom is -0.432 e. The molecular formula is C16H19FN4O. The van der Waals surface area contributed by atoms with E-state index in [2.05, 4.69) is 19.7 Å². The molecule has 0 atom stereocenters. The van der Waals surface area contributed by atoms with Gasteiger partial charge in [-0.3, -0.25) is 4.90 Å². The molecule has 2 aliphatic rings. The third-order valence-electron chi connectivity index (χ3n) is 4.57. The van der Waals surface area contributed by atoms with Crippen LogP contribution < -0.4 is 9.80 Å². The normalized spacial score (nSPS) is 20.2. The standard InChI is InChI=1S/C16H19FN4O/c17-13-1-3-14(4-2-13)19-6-8-20(9-7-19)15-11-21(12-15)16-18-5-10-22-16/h1-5,10,15H,6-9,11-12H2. The first kappa shape index (κ1) is 13.6. The van der Waals surface area contributed by atoms with Crippen LogP contribution in [0.4, 0.5) is 16.1 Å². The van der Waals surface area contributed by atoms with E-state index in [1.807, 2.05) is 12.1 Å². The summed E-state index contributed by atoms with van der Waals surface area (Å²) in [5.41, 5.74) is 1.11. The Balaban J connectivity index is 1.29. The van der Waals surface area contributed by atoms with E-state index < -0.39 is 0 Å². The molecule has 5 nitrogen and oxygen atoms in total. The average molecular weight is 302 g/mol. The number of oxazole rings is 1.